The number of amides is 1. The zero-order valence-corrected chi connectivity index (χ0v) is 23.9. The molecule has 43 heavy (non-hydrogen) atoms. The van der Waals surface area contributed by atoms with Gasteiger partial charge in [-0.3, -0.25) is 34.6 Å². The number of nitrogens with one attached hydrogen (secondary N) is 1. The summed E-state index contributed by atoms with van der Waals surface area (Å²) in [6, 6.07) is 9.78. The van der Waals surface area contributed by atoms with Crippen molar-refractivity contribution < 1.29 is 48.0 Å². The molecule has 0 aromatic heterocycles. The molecule has 2 aromatic rings. The monoisotopic (exact) mass is 603 g/mol. The van der Waals surface area contributed by atoms with Gasteiger partial charge in [-0.15, -0.1) is 0 Å². The molecule has 0 atom stereocenters. The van der Waals surface area contributed by atoms with E-state index in [0.717, 1.165) is 0 Å². The van der Waals surface area contributed by atoms with E-state index in [-0.39, 0.29) is 67.9 Å². The molecular formula is C28H33N3O12. The van der Waals surface area contributed by atoms with Gasteiger partial charge in [0.1, 0.15) is 23.2 Å². The van der Waals surface area contributed by atoms with E-state index in [1.165, 1.54) is 48.5 Å². The molecule has 0 heterocycles. The lowest BCUT2D eigenvalue weighted by Crippen LogP contribution is -2.31. The molecule has 1 N–H and O–H groups in total. The zero-order chi connectivity index (χ0) is 32.0. The third-order valence-electron chi connectivity index (χ3n) is 5.42. The van der Waals surface area contributed by atoms with Crippen LogP contribution >= 0.6 is 0 Å². The Morgan fingerprint density at radius 1 is 0.744 bits per heavy atom. The first kappa shape index (κ1) is 34.1. The van der Waals surface area contributed by atoms with Crippen LogP contribution in [0, 0.1) is 20.2 Å². The predicted octanol–water partition coefficient (Wildman–Crippen LogP) is 4.79. The maximum Gasteiger partial charge on any atom is 0.407 e. The number of benzene rings is 2. The Balaban J connectivity index is 1.91. The summed E-state index contributed by atoms with van der Waals surface area (Å²) in [5.74, 6) is -1.65. The van der Waals surface area contributed by atoms with Crippen LogP contribution in [0.25, 0.3) is 0 Å². The summed E-state index contributed by atoms with van der Waals surface area (Å²) in [4.78, 5) is 69.3. The normalized spacial score (nSPS) is 10.9. The molecule has 15 nitrogen and oxygen atoms in total. The molecule has 0 saturated heterocycles. The third kappa shape index (κ3) is 13.9. The van der Waals surface area contributed by atoms with Gasteiger partial charge in [0.25, 0.3) is 11.4 Å². The van der Waals surface area contributed by atoms with Crippen LogP contribution < -0.4 is 14.8 Å². The first-order valence-electron chi connectivity index (χ1n) is 13.3. The van der Waals surface area contributed by atoms with Gasteiger partial charge in [-0.25, -0.2) is 4.79 Å². The fraction of sp³-hybridized carbons (Fsp3) is 0.429. The lowest BCUT2D eigenvalue weighted by molar-refractivity contribution is -0.385. The van der Waals surface area contributed by atoms with Crippen LogP contribution in [0.15, 0.2) is 48.5 Å². The number of non-ortho nitro benzene ring substituents is 2. The van der Waals surface area contributed by atoms with Crippen molar-refractivity contribution in [1.82, 2.24) is 5.32 Å². The van der Waals surface area contributed by atoms with E-state index in [2.05, 4.69) is 5.32 Å². The van der Waals surface area contributed by atoms with Crippen LogP contribution in [0.5, 0.6) is 11.5 Å². The third-order valence-corrected chi connectivity index (χ3v) is 5.42. The molecule has 0 aliphatic heterocycles. The highest BCUT2D eigenvalue weighted by Gasteiger charge is 2.21. The summed E-state index contributed by atoms with van der Waals surface area (Å²) in [5, 5.41) is 24.1. The lowest BCUT2D eigenvalue weighted by Gasteiger charge is -2.19. The van der Waals surface area contributed by atoms with Crippen LogP contribution in [0.3, 0.4) is 0 Å². The fourth-order valence-corrected chi connectivity index (χ4v) is 3.47. The zero-order valence-electron chi connectivity index (χ0n) is 23.9. The molecular weight excluding hydrogens is 570 g/mol. The number of hydrogen-bond acceptors (Lipinski definition) is 12. The van der Waals surface area contributed by atoms with Gasteiger partial charge in [0.15, 0.2) is 0 Å². The van der Waals surface area contributed by atoms with E-state index < -0.39 is 45.6 Å². The molecule has 232 valence electrons. The molecule has 0 saturated carbocycles. The van der Waals surface area contributed by atoms with Crippen LogP contribution in [0.1, 0.15) is 59.3 Å². The lowest BCUT2D eigenvalue weighted by atomic mass is 10.1. The number of nitrogens with zero attached hydrogens (tertiary/aromatic N) is 2. The second-order valence-electron chi connectivity index (χ2n) is 10.2. The van der Waals surface area contributed by atoms with Crippen molar-refractivity contribution in [1.29, 1.82) is 0 Å². The smallest absolute Gasteiger partial charge is 0.407 e. The minimum atomic E-state index is -0.917. The first-order chi connectivity index (χ1) is 20.2. The largest absolute Gasteiger partial charge is 0.460 e. The molecule has 0 bridgehead atoms. The van der Waals surface area contributed by atoms with Gasteiger partial charge in [0.2, 0.25) is 0 Å². The minimum Gasteiger partial charge on any atom is -0.460 e. The highest BCUT2D eigenvalue weighted by Crippen LogP contribution is 2.20. The quantitative estimate of drug-likeness (QED) is 0.0959. The van der Waals surface area contributed by atoms with Crippen molar-refractivity contribution in [2.24, 2.45) is 0 Å². The number of carbonyl (C=O) groups excluding carboxylic acids is 4. The number of esters is 3. The van der Waals surface area contributed by atoms with Crippen LogP contribution in [-0.2, 0) is 23.9 Å². The highest BCUT2D eigenvalue weighted by molar-refractivity contribution is 5.74. The topological polar surface area (TPSA) is 204 Å². The predicted molar refractivity (Wildman–Crippen MR) is 149 cm³/mol. The Kier molecular flexibility index (Phi) is 13.0. The molecule has 0 fully saturated rings. The van der Waals surface area contributed by atoms with Crippen molar-refractivity contribution in [3.63, 3.8) is 0 Å². The van der Waals surface area contributed by atoms with Crippen LogP contribution in [0.2, 0.25) is 0 Å². The molecule has 2 rings (SSSR count). The van der Waals surface area contributed by atoms with Crippen molar-refractivity contribution >= 4 is 35.4 Å². The number of carbonyl (C=O) groups is 4. The SMILES string of the molecule is CC(C)(C)OC(=O)CCCNC(=O)OC(CCC(=O)Oc1ccc([N+](=O)[O-])cc1)CCC(=O)Oc1ccc([N+](=O)[O-])cc1. The number of alkyl carbamates (subject to hydrolysis) is 1. The number of ether oxygens (including phenoxy) is 4. The molecule has 0 spiro atoms. The van der Waals surface area contributed by atoms with Gasteiger partial charge >= 0.3 is 24.0 Å². The van der Waals surface area contributed by atoms with E-state index in [0.29, 0.717) is 0 Å². The maximum atomic E-state index is 12.4. The summed E-state index contributed by atoms with van der Waals surface area (Å²) in [6.07, 6.45) is -1.87. The molecule has 0 aliphatic carbocycles. The van der Waals surface area contributed by atoms with Crippen molar-refractivity contribution in [3.8, 4) is 11.5 Å². The van der Waals surface area contributed by atoms with Crippen LogP contribution in [-0.4, -0.2) is 52.1 Å². The second kappa shape index (κ2) is 16.4. The average molecular weight is 604 g/mol. The Labute approximate surface area is 246 Å². The minimum absolute atomic E-state index is 0.0258. The number of nitro groups is 2. The maximum absolute atomic E-state index is 12.4. The van der Waals surface area contributed by atoms with Gasteiger partial charge in [-0.05, 0) is 64.3 Å². The Morgan fingerprint density at radius 3 is 1.58 bits per heavy atom. The van der Waals surface area contributed by atoms with E-state index >= 15 is 0 Å². The fourth-order valence-electron chi connectivity index (χ4n) is 3.47. The van der Waals surface area contributed by atoms with E-state index in [1.54, 1.807) is 20.8 Å². The molecule has 0 aliphatic rings. The standard InChI is InChI=1S/C28H33N3O12/c1-28(2,3)43-26(34)5-4-18-29-27(35)42-23(14-16-24(32)40-21-10-6-19(7-11-21)30(36)37)15-17-25(33)41-22-12-8-20(9-13-22)31(38)39/h6-13,23H,4-5,14-18H2,1-3H3,(H,29,35). The molecule has 0 radical (unpaired) electrons. The molecule has 1 amide bonds. The number of nitro benzene ring substituents is 2. The highest BCUT2D eigenvalue weighted by atomic mass is 16.6. The average Bonchev–Trinajstić information content (AvgIpc) is 2.92. The molecule has 0 unspecified atom stereocenters. The number of rotatable bonds is 15. The van der Waals surface area contributed by atoms with Crippen molar-refractivity contribution in [2.75, 3.05) is 6.54 Å². The Bertz CT molecular complexity index is 1210. The Morgan fingerprint density at radius 2 is 1.19 bits per heavy atom. The first-order valence-corrected chi connectivity index (χ1v) is 13.3. The van der Waals surface area contributed by atoms with Crippen molar-refractivity contribution in [2.45, 2.75) is 71.0 Å². The van der Waals surface area contributed by atoms with E-state index in [1.807, 2.05) is 0 Å². The summed E-state index contributed by atoms with van der Waals surface area (Å²) >= 11 is 0. The summed E-state index contributed by atoms with van der Waals surface area (Å²) < 4.78 is 20.9. The van der Waals surface area contributed by atoms with Crippen LogP contribution in [0.4, 0.5) is 16.2 Å². The van der Waals surface area contributed by atoms with Gasteiger partial charge in [-0.1, -0.05) is 0 Å². The Hall–Kier alpha value is -5.08. The van der Waals surface area contributed by atoms with E-state index in [4.69, 9.17) is 18.9 Å². The van der Waals surface area contributed by atoms with Gasteiger partial charge in [0.05, 0.1) is 9.85 Å². The summed E-state index contributed by atoms with van der Waals surface area (Å²) in [6.45, 7) is 5.33. The van der Waals surface area contributed by atoms with Gasteiger partial charge < -0.3 is 24.3 Å². The number of hydrogen-bond donors (Lipinski definition) is 1. The van der Waals surface area contributed by atoms with Gasteiger partial charge in [0, 0.05) is 50.1 Å². The summed E-state index contributed by atoms with van der Waals surface area (Å²) in [7, 11) is 0. The summed E-state index contributed by atoms with van der Waals surface area (Å²) in [5.41, 5.74) is -0.979. The molecule has 15 heteroatoms. The van der Waals surface area contributed by atoms with Gasteiger partial charge in [-0.2, -0.15) is 0 Å². The van der Waals surface area contributed by atoms with Crippen molar-refractivity contribution in [3.05, 3.63) is 68.8 Å². The second-order valence-corrected chi connectivity index (χ2v) is 10.2. The molecule has 2 aromatic carbocycles. The van der Waals surface area contributed by atoms with E-state index in [9.17, 15) is 39.4 Å².